The van der Waals surface area contributed by atoms with Crippen LogP contribution in [0.5, 0.6) is 0 Å². The van der Waals surface area contributed by atoms with Gasteiger partial charge >= 0.3 is 7.67 Å². The van der Waals surface area contributed by atoms with Gasteiger partial charge in [0.05, 0.1) is 0 Å². The largest absolute Gasteiger partial charge is 0.338 e. The summed E-state index contributed by atoms with van der Waals surface area (Å²) in [6.45, 7) is 0. The van der Waals surface area contributed by atoms with E-state index >= 15 is 0 Å². The molecule has 0 aliphatic carbocycles. The second-order valence-electron chi connectivity index (χ2n) is 1.66. The van der Waals surface area contributed by atoms with E-state index in [1.807, 2.05) is 0 Å². The summed E-state index contributed by atoms with van der Waals surface area (Å²) < 4.78 is 8.54. The van der Waals surface area contributed by atoms with E-state index in [1.165, 1.54) is 0 Å². The number of hydrogen-bond acceptors (Lipinski definition) is 1. The maximum atomic E-state index is 10.5. The zero-order chi connectivity index (χ0) is 9.28. The number of halogens is 4. The molecule has 0 aromatic rings. The van der Waals surface area contributed by atoms with Gasteiger partial charge in [-0.3, -0.25) is 4.57 Å². The summed E-state index contributed by atoms with van der Waals surface area (Å²) >= 11 is 21.1. The van der Waals surface area contributed by atoms with Crippen molar-refractivity contribution >= 4 is 54.1 Å². The van der Waals surface area contributed by atoms with Crippen LogP contribution >= 0.6 is 54.1 Å². The van der Waals surface area contributed by atoms with Crippen LogP contribution in [0.4, 0.5) is 0 Å². The van der Waals surface area contributed by atoms with Gasteiger partial charge in [0.25, 0.3) is 0 Å². The fraction of sp³-hybridized carbons (Fsp3) is 1.00. The molecule has 0 aliphatic rings. The first-order valence-corrected chi connectivity index (χ1v) is 5.58. The monoisotopic (exact) mass is 260 g/mol. The van der Waals surface area contributed by atoms with E-state index in [0.717, 1.165) is 0 Å². The molecule has 11 heavy (non-hydrogen) atoms. The lowest BCUT2D eigenvalue weighted by Gasteiger charge is -2.22. The van der Waals surface area contributed by atoms with Crippen molar-refractivity contribution in [1.82, 2.24) is 5.09 Å². The molecule has 1 unspecified atom stereocenters. The quantitative estimate of drug-likeness (QED) is 0.410. The Hall–Kier alpha value is 1.27. The molecule has 4 N–H and O–H groups in total. The Labute approximate surface area is 83.5 Å². The Kier molecular flexibility index (Phi) is 4.45. The Morgan fingerprint density at radius 3 is 2.00 bits per heavy atom. The third kappa shape index (κ3) is 5.50. The van der Waals surface area contributed by atoms with Crippen LogP contribution < -0.4 is 10.6 Å². The van der Waals surface area contributed by atoms with Gasteiger partial charge in [0.2, 0.25) is 4.46 Å². The second-order valence-corrected chi connectivity index (χ2v) is 5.61. The first-order chi connectivity index (χ1) is 4.65. The summed E-state index contributed by atoms with van der Waals surface area (Å²) in [5.74, 6) is 0. The van der Waals surface area contributed by atoms with Gasteiger partial charge in [-0.15, -0.1) is 23.2 Å². The molecule has 0 aliphatic heterocycles. The van der Waals surface area contributed by atoms with Crippen LogP contribution in [-0.4, -0.2) is 14.2 Å². The molecule has 4 nitrogen and oxygen atoms in total. The number of rotatable bonds is 3. The van der Waals surface area contributed by atoms with Crippen LogP contribution in [0.3, 0.4) is 0 Å². The topological polar surface area (TPSA) is 75.4 Å². The van der Waals surface area contributed by atoms with Crippen LogP contribution in [0, 0.1) is 0 Å². The Bertz CT molecular complexity index is 179. The minimum atomic E-state index is -4.02. The van der Waals surface area contributed by atoms with E-state index in [4.69, 9.17) is 51.3 Å². The molecule has 0 amide bonds. The second kappa shape index (κ2) is 3.99. The van der Waals surface area contributed by atoms with E-state index < -0.39 is 17.0 Å². The van der Waals surface area contributed by atoms with Gasteiger partial charge in [-0.1, -0.05) is 23.2 Å². The highest BCUT2D eigenvalue weighted by molar-refractivity contribution is 7.53. The molecule has 1 atom stereocenters. The molecule has 9 heteroatoms. The molecule has 0 aromatic heterocycles. The third-order valence-electron chi connectivity index (χ3n) is 0.583. The molecule has 0 saturated heterocycles. The molecular formula is C2H5Cl4N2O2P. The van der Waals surface area contributed by atoms with Gasteiger partial charge in [-0.05, 0) is 0 Å². The molecule has 0 aromatic carbocycles. The number of hydrogen-bond donors (Lipinski definition) is 3. The van der Waals surface area contributed by atoms with Crippen molar-refractivity contribution in [3.63, 3.8) is 0 Å². The van der Waals surface area contributed by atoms with E-state index in [9.17, 15) is 4.57 Å². The Morgan fingerprint density at radius 1 is 1.55 bits per heavy atom. The smallest absolute Gasteiger partial charge is 0.322 e. The van der Waals surface area contributed by atoms with Crippen LogP contribution in [0.15, 0.2) is 0 Å². The van der Waals surface area contributed by atoms with E-state index in [1.54, 1.807) is 5.09 Å². The van der Waals surface area contributed by atoms with Gasteiger partial charge in [0.15, 0.2) is 4.84 Å². The molecule has 0 saturated carbocycles. The van der Waals surface area contributed by atoms with Gasteiger partial charge in [-0.2, -0.15) is 5.09 Å². The fourth-order valence-corrected chi connectivity index (χ4v) is 1.81. The van der Waals surface area contributed by atoms with Crippen molar-refractivity contribution in [1.29, 1.82) is 0 Å². The highest BCUT2D eigenvalue weighted by Gasteiger charge is 2.36. The molecule has 0 radical (unpaired) electrons. The average Bonchev–Trinajstić information content (AvgIpc) is 1.56. The lowest BCUT2D eigenvalue weighted by molar-refractivity contribution is 0.458. The van der Waals surface area contributed by atoms with Crippen molar-refractivity contribution in [2.75, 3.05) is 0 Å². The summed E-state index contributed by atoms with van der Waals surface area (Å²) in [5, 5.41) is 1.75. The molecule has 68 valence electrons. The van der Waals surface area contributed by atoms with E-state index in [-0.39, 0.29) is 0 Å². The zero-order valence-electron chi connectivity index (χ0n) is 4.97. The van der Waals surface area contributed by atoms with Crippen molar-refractivity contribution in [2.24, 2.45) is 5.50 Å². The normalized spacial score (nSPS) is 18.5. The van der Waals surface area contributed by atoms with Crippen LogP contribution in [-0.2, 0) is 4.57 Å². The number of nitrogens with one attached hydrogen (secondary N) is 1. The minimum absolute atomic E-state index is 1.27. The van der Waals surface area contributed by atoms with Gasteiger partial charge in [0, 0.05) is 0 Å². The average molecular weight is 262 g/mol. The van der Waals surface area contributed by atoms with Crippen LogP contribution in [0.2, 0.25) is 0 Å². The van der Waals surface area contributed by atoms with Crippen molar-refractivity contribution in [3.8, 4) is 0 Å². The van der Waals surface area contributed by atoms with Crippen molar-refractivity contribution < 1.29 is 9.46 Å². The number of alkyl halides is 4. The Morgan fingerprint density at radius 2 is 1.91 bits per heavy atom. The summed E-state index contributed by atoms with van der Waals surface area (Å²) in [6.07, 6.45) is 0. The van der Waals surface area contributed by atoms with Crippen molar-refractivity contribution in [3.05, 3.63) is 0 Å². The Balaban J connectivity index is 4.25. The minimum Gasteiger partial charge on any atom is -0.322 e. The van der Waals surface area contributed by atoms with Crippen molar-refractivity contribution in [2.45, 2.75) is 9.29 Å². The summed E-state index contributed by atoms with van der Waals surface area (Å²) in [5.41, 5.74) is 4.67. The fourth-order valence-electron chi connectivity index (χ4n) is 0.262. The molecule has 0 bridgehead atoms. The standard InChI is InChI=1S/C2H5Cl4N2O2P/c3-1(4)2(5,6)8-11(7,9)10/h1H,(H4,7,8,9,10). The SMILES string of the molecule is NP(=O)(O)NC(Cl)(Cl)C(Cl)Cl. The van der Waals surface area contributed by atoms with Crippen LogP contribution in [0.1, 0.15) is 0 Å². The van der Waals surface area contributed by atoms with Gasteiger partial charge in [-0.25, -0.2) is 5.50 Å². The zero-order valence-corrected chi connectivity index (χ0v) is 8.89. The molecule has 0 rings (SSSR count). The summed E-state index contributed by atoms with van der Waals surface area (Å²) in [6, 6.07) is 0. The summed E-state index contributed by atoms with van der Waals surface area (Å²) in [7, 11) is -4.02. The predicted octanol–water partition coefficient (Wildman–Crippen LogP) is 1.57. The molecule has 0 spiro atoms. The first-order valence-electron chi connectivity index (χ1n) is 2.22. The predicted molar refractivity (Wildman–Crippen MR) is 47.1 cm³/mol. The number of nitrogens with two attached hydrogens (primary N) is 1. The highest BCUT2D eigenvalue weighted by Crippen LogP contribution is 2.38. The maximum absolute atomic E-state index is 10.5. The lowest BCUT2D eigenvalue weighted by atomic mass is 10.8. The highest BCUT2D eigenvalue weighted by atomic mass is 35.5. The van der Waals surface area contributed by atoms with Gasteiger partial charge < -0.3 is 4.89 Å². The molecule has 0 fully saturated rings. The van der Waals surface area contributed by atoms with E-state index in [2.05, 4.69) is 5.50 Å². The third-order valence-corrected chi connectivity index (χ3v) is 3.25. The van der Waals surface area contributed by atoms with Gasteiger partial charge in [0.1, 0.15) is 0 Å². The first kappa shape index (κ1) is 12.3. The molecular weight excluding hydrogens is 257 g/mol. The molecule has 0 heterocycles. The van der Waals surface area contributed by atoms with E-state index in [0.29, 0.717) is 0 Å². The van der Waals surface area contributed by atoms with Crippen LogP contribution in [0.25, 0.3) is 0 Å². The maximum Gasteiger partial charge on any atom is 0.338 e. The lowest BCUT2D eigenvalue weighted by Crippen LogP contribution is -2.39. The summed E-state index contributed by atoms with van der Waals surface area (Å²) in [4.78, 5) is 7.27.